The number of anilines is 1. The number of carbonyl (C=O) groups is 1. The number of hydrogen-bond donors (Lipinski definition) is 1. The summed E-state index contributed by atoms with van der Waals surface area (Å²) in [6, 6.07) is 8.79. The van der Waals surface area contributed by atoms with Crippen molar-refractivity contribution in [2.75, 3.05) is 12.8 Å². The molecule has 1 aromatic carbocycles. The summed E-state index contributed by atoms with van der Waals surface area (Å²) in [5.41, 5.74) is 8.20. The number of esters is 1. The average molecular weight is 272 g/mol. The Morgan fingerprint density at radius 3 is 2.90 bits per heavy atom. The van der Waals surface area contributed by atoms with Crippen LogP contribution >= 0.6 is 0 Å². The molecule has 0 unspecified atom stereocenters. The zero-order chi connectivity index (χ0) is 14.5. The number of aryl methyl sites for hydroxylation is 1. The van der Waals surface area contributed by atoms with E-state index in [-0.39, 0.29) is 6.61 Å². The molecule has 104 valence electrons. The molecule has 0 saturated carbocycles. The fourth-order valence-electron chi connectivity index (χ4n) is 1.79. The SMILES string of the molecule is COc1ncccc1COC(=O)c1cc(C)ccc1N. The predicted molar refractivity (Wildman–Crippen MR) is 75.5 cm³/mol. The molecule has 2 N–H and O–H groups in total. The maximum atomic E-state index is 12.0. The molecule has 0 aliphatic carbocycles. The van der Waals surface area contributed by atoms with Crippen LogP contribution in [0.15, 0.2) is 36.5 Å². The Bertz CT molecular complexity index is 626. The number of benzene rings is 1. The molecule has 2 rings (SSSR count). The molecule has 0 aliphatic rings. The third-order valence-corrected chi connectivity index (χ3v) is 2.83. The summed E-state index contributed by atoms with van der Waals surface area (Å²) in [5.74, 6) is -0.0189. The molecule has 1 heterocycles. The zero-order valence-corrected chi connectivity index (χ0v) is 11.4. The van der Waals surface area contributed by atoms with Gasteiger partial charge in [0.1, 0.15) is 6.61 Å². The van der Waals surface area contributed by atoms with E-state index in [2.05, 4.69) is 4.98 Å². The summed E-state index contributed by atoms with van der Waals surface area (Å²) >= 11 is 0. The number of aromatic nitrogens is 1. The van der Waals surface area contributed by atoms with Crippen LogP contribution in [0.3, 0.4) is 0 Å². The monoisotopic (exact) mass is 272 g/mol. The molecular formula is C15H16N2O3. The summed E-state index contributed by atoms with van der Waals surface area (Å²) in [6.45, 7) is 1.98. The molecule has 0 spiro atoms. The molecule has 0 atom stereocenters. The maximum absolute atomic E-state index is 12.0. The highest BCUT2D eigenvalue weighted by Crippen LogP contribution is 2.18. The Balaban J connectivity index is 2.11. The molecule has 1 aromatic heterocycles. The Morgan fingerprint density at radius 1 is 1.35 bits per heavy atom. The quantitative estimate of drug-likeness (QED) is 0.683. The number of methoxy groups -OCH3 is 1. The fraction of sp³-hybridized carbons (Fsp3) is 0.200. The smallest absolute Gasteiger partial charge is 0.340 e. The van der Waals surface area contributed by atoms with Crippen molar-refractivity contribution < 1.29 is 14.3 Å². The van der Waals surface area contributed by atoms with E-state index in [9.17, 15) is 4.79 Å². The van der Waals surface area contributed by atoms with Crippen LogP contribution in [0.25, 0.3) is 0 Å². The number of pyridine rings is 1. The van der Waals surface area contributed by atoms with Crippen molar-refractivity contribution in [1.29, 1.82) is 0 Å². The van der Waals surface area contributed by atoms with Crippen LogP contribution in [0.4, 0.5) is 5.69 Å². The molecular weight excluding hydrogens is 256 g/mol. The van der Waals surface area contributed by atoms with E-state index in [1.54, 1.807) is 30.5 Å². The minimum Gasteiger partial charge on any atom is -0.481 e. The standard InChI is InChI=1S/C15H16N2O3/c1-10-5-6-13(16)12(8-10)15(18)20-9-11-4-3-7-17-14(11)19-2/h3-8H,9,16H2,1-2H3. The maximum Gasteiger partial charge on any atom is 0.340 e. The van der Waals surface area contributed by atoms with E-state index in [1.165, 1.54) is 7.11 Å². The third kappa shape index (κ3) is 3.06. The number of hydrogen-bond acceptors (Lipinski definition) is 5. The number of nitrogens with two attached hydrogens (primary N) is 1. The number of rotatable bonds is 4. The number of nitrogen functional groups attached to an aromatic ring is 1. The second-order valence-corrected chi connectivity index (χ2v) is 4.34. The Kier molecular flexibility index (Phi) is 4.20. The van der Waals surface area contributed by atoms with Gasteiger partial charge < -0.3 is 15.2 Å². The van der Waals surface area contributed by atoms with Gasteiger partial charge in [-0.1, -0.05) is 11.6 Å². The van der Waals surface area contributed by atoms with Gasteiger partial charge >= 0.3 is 5.97 Å². The van der Waals surface area contributed by atoms with E-state index >= 15 is 0 Å². The van der Waals surface area contributed by atoms with E-state index in [1.807, 2.05) is 13.0 Å². The number of nitrogens with zero attached hydrogens (tertiary/aromatic N) is 1. The molecule has 0 aliphatic heterocycles. The van der Waals surface area contributed by atoms with Crippen LogP contribution in [0, 0.1) is 6.92 Å². The molecule has 0 bridgehead atoms. The van der Waals surface area contributed by atoms with Gasteiger partial charge in [-0.25, -0.2) is 9.78 Å². The zero-order valence-electron chi connectivity index (χ0n) is 11.4. The lowest BCUT2D eigenvalue weighted by Crippen LogP contribution is -2.09. The van der Waals surface area contributed by atoms with Crippen LogP contribution in [0.2, 0.25) is 0 Å². The Labute approximate surface area is 117 Å². The van der Waals surface area contributed by atoms with Gasteiger partial charge in [0, 0.05) is 11.9 Å². The van der Waals surface area contributed by atoms with Crippen LogP contribution in [0.5, 0.6) is 5.88 Å². The van der Waals surface area contributed by atoms with E-state index < -0.39 is 5.97 Å². The third-order valence-electron chi connectivity index (χ3n) is 2.83. The van der Waals surface area contributed by atoms with Crippen LogP contribution < -0.4 is 10.5 Å². The van der Waals surface area contributed by atoms with Crippen molar-refractivity contribution in [2.45, 2.75) is 13.5 Å². The minimum absolute atomic E-state index is 0.0865. The highest BCUT2D eigenvalue weighted by molar-refractivity contribution is 5.95. The highest BCUT2D eigenvalue weighted by atomic mass is 16.5. The van der Waals surface area contributed by atoms with Gasteiger partial charge in [0.2, 0.25) is 5.88 Å². The van der Waals surface area contributed by atoms with Crippen molar-refractivity contribution >= 4 is 11.7 Å². The van der Waals surface area contributed by atoms with Crippen LogP contribution in [-0.4, -0.2) is 18.1 Å². The van der Waals surface area contributed by atoms with E-state index in [4.69, 9.17) is 15.2 Å². The van der Waals surface area contributed by atoms with Gasteiger partial charge in [0.15, 0.2) is 0 Å². The molecule has 0 fully saturated rings. The van der Waals surface area contributed by atoms with Crippen LogP contribution in [0.1, 0.15) is 21.5 Å². The topological polar surface area (TPSA) is 74.4 Å². The highest BCUT2D eigenvalue weighted by Gasteiger charge is 2.13. The number of ether oxygens (including phenoxy) is 2. The molecule has 2 aromatic rings. The van der Waals surface area contributed by atoms with Crippen molar-refractivity contribution in [3.8, 4) is 5.88 Å². The lowest BCUT2D eigenvalue weighted by atomic mass is 10.1. The molecule has 0 saturated heterocycles. The van der Waals surface area contributed by atoms with Crippen molar-refractivity contribution in [1.82, 2.24) is 4.98 Å². The van der Waals surface area contributed by atoms with Gasteiger partial charge in [-0.15, -0.1) is 0 Å². The number of carbonyl (C=O) groups excluding carboxylic acids is 1. The molecule has 20 heavy (non-hydrogen) atoms. The average Bonchev–Trinajstić information content (AvgIpc) is 2.47. The second kappa shape index (κ2) is 6.06. The Morgan fingerprint density at radius 2 is 2.15 bits per heavy atom. The van der Waals surface area contributed by atoms with Crippen molar-refractivity contribution in [3.63, 3.8) is 0 Å². The minimum atomic E-state index is -0.461. The van der Waals surface area contributed by atoms with Gasteiger partial charge in [-0.05, 0) is 31.2 Å². The first-order valence-corrected chi connectivity index (χ1v) is 6.13. The first-order valence-electron chi connectivity index (χ1n) is 6.13. The summed E-state index contributed by atoms with van der Waals surface area (Å²) in [7, 11) is 1.52. The van der Waals surface area contributed by atoms with Gasteiger partial charge in [0.05, 0.1) is 18.2 Å². The van der Waals surface area contributed by atoms with Gasteiger partial charge in [-0.2, -0.15) is 0 Å². The first-order chi connectivity index (χ1) is 9.61. The molecule has 0 radical (unpaired) electrons. The van der Waals surface area contributed by atoms with Gasteiger partial charge in [-0.3, -0.25) is 0 Å². The van der Waals surface area contributed by atoms with Crippen LogP contribution in [-0.2, 0) is 11.3 Å². The van der Waals surface area contributed by atoms with E-state index in [0.717, 1.165) is 5.56 Å². The normalized spacial score (nSPS) is 10.1. The fourth-order valence-corrected chi connectivity index (χ4v) is 1.79. The summed E-state index contributed by atoms with van der Waals surface area (Å²) < 4.78 is 10.4. The van der Waals surface area contributed by atoms with Gasteiger partial charge in [0.25, 0.3) is 0 Å². The van der Waals surface area contributed by atoms with E-state index in [0.29, 0.717) is 22.7 Å². The summed E-state index contributed by atoms with van der Waals surface area (Å²) in [6.07, 6.45) is 1.61. The lowest BCUT2D eigenvalue weighted by molar-refractivity contribution is 0.0470. The molecule has 5 heteroatoms. The first kappa shape index (κ1) is 13.9. The summed E-state index contributed by atoms with van der Waals surface area (Å²) in [4.78, 5) is 16.1. The largest absolute Gasteiger partial charge is 0.481 e. The molecule has 0 amide bonds. The Hall–Kier alpha value is -2.56. The second-order valence-electron chi connectivity index (χ2n) is 4.34. The predicted octanol–water partition coefficient (Wildman–Crippen LogP) is 2.34. The summed E-state index contributed by atoms with van der Waals surface area (Å²) in [5, 5.41) is 0. The lowest BCUT2D eigenvalue weighted by Gasteiger charge is -2.09. The van der Waals surface area contributed by atoms with Crippen molar-refractivity contribution in [3.05, 3.63) is 53.2 Å². The molecule has 5 nitrogen and oxygen atoms in total. The van der Waals surface area contributed by atoms with Crippen molar-refractivity contribution in [2.24, 2.45) is 0 Å².